The van der Waals surface area contributed by atoms with Gasteiger partial charge in [0.05, 0.1) is 24.5 Å². The summed E-state index contributed by atoms with van der Waals surface area (Å²) in [6.07, 6.45) is 1.06. The quantitative estimate of drug-likeness (QED) is 0.427. The fraction of sp³-hybridized carbons (Fsp3) is 0.208. The van der Waals surface area contributed by atoms with Crippen molar-refractivity contribution in [3.05, 3.63) is 94.2 Å². The van der Waals surface area contributed by atoms with E-state index in [1.54, 1.807) is 42.5 Å². The molecule has 1 atom stereocenters. The predicted octanol–water partition coefficient (Wildman–Crippen LogP) is 4.81. The number of amides is 1. The van der Waals surface area contributed by atoms with E-state index in [2.05, 4.69) is 21.2 Å². The smallest absolute Gasteiger partial charge is 0.258 e. The number of sulfonamides is 1. The first-order valence-corrected chi connectivity index (χ1v) is 12.8. The van der Waals surface area contributed by atoms with Gasteiger partial charge in [-0.3, -0.25) is 9.10 Å². The molecule has 0 fully saturated rings. The van der Waals surface area contributed by atoms with Crippen LogP contribution in [0.4, 0.5) is 10.1 Å². The van der Waals surface area contributed by atoms with E-state index in [4.69, 9.17) is 4.74 Å². The second-order valence-corrected chi connectivity index (χ2v) is 10.3. The summed E-state index contributed by atoms with van der Waals surface area (Å²) in [6.45, 7) is 1.55. The minimum Gasteiger partial charge on any atom is -0.484 e. The maximum Gasteiger partial charge on any atom is 0.258 e. The molecule has 0 saturated heterocycles. The number of benzene rings is 3. The molecule has 9 heteroatoms. The number of halogens is 2. The van der Waals surface area contributed by atoms with Gasteiger partial charge in [-0.15, -0.1) is 0 Å². The van der Waals surface area contributed by atoms with Crippen molar-refractivity contribution in [3.63, 3.8) is 0 Å². The minimum absolute atomic E-state index is 0.137. The highest BCUT2D eigenvalue weighted by molar-refractivity contribution is 9.10. The molecule has 3 aromatic rings. The average molecular weight is 535 g/mol. The van der Waals surface area contributed by atoms with Gasteiger partial charge in [0.15, 0.2) is 6.61 Å². The fourth-order valence-electron chi connectivity index (χ4n) is 3.18. The van der Waals surface area contributed by atoms with Gasteiger partial charge in [0.1, 0.15) is 11.6 Å². The number of anilines is 1. The van der Waals surface area contributed by atoms with Gasteiger partial charge in [0, 0.05) is 10.0 Å². The van der Waals surface area contributed by atoms with Crippen LogP contribution in [0.25, 0.3) is 0 Å². The van der Waals surface area contributed by atoms with Crippen molar-refractivity contribution in [2.75, 3.05) is 17.2 Å². The first-order chi connectivity index (χ1) is 15.6. The molecular formula is C24H24BrFN2O4S. The molecule has 6 nitrogen and oxygen atoms in total. The molecule has 1 amide bonds. The Morgan fingerprint density at radius 3 is 2.42 bits per heavy atom. The van der Waals surface area contributed by atoms with Crippen LogP contribution in [0.5, 0.6) is 5.75 Å². The SMILES string of the molecule is CC(NC(=O)COc1ccc(N(Cc2ccccc2F)S(C)(=O)=O)cc1)c1cccc(Br)c1. The molecule has 3 rings (SSSR count). The van der Waals surface area contributed by atoms with Crippen molar-refractivity contribution in [2.45, 2.75) is 19.5 Å². The van der Waals surface area contributed by atoms with Gasteiger partial charge < -0.3 is 10.1 Å². The standard InChI is InChI=1S/C24H24BrFN2O4S/c1-17(18-7-5-8-20(25)14-18)27-24(29)16-32-22-12-10-21(11-13-22)28(33(2,30)31)15-19-6-3-4-9-23(19)26/h3-14,17H,15-16H2,1-2H3,(H,27,29). The van der Waals surface area contributed by atoms with E-state index >= 15 is 0 Å². The number of carbonyl (C=O) groups excluding carboxylic acids is 1. The Balaban J connectivity index is 1.62. The van der Waals surface area contributed by atoms with Crippen LogP contribution in [-0.4, -0.2) is 27.2 Å². The summed E-state index contributed by atoms with van der Waals surface area (Å²) >= 11 is 3.41. The predicted molar refractivity (Wildman–Crippen MR) is 130 cm³/mol. The third-order valence-corrected chi connectivity index (χ3v) is 6.53. The monoisotopic (exact) mass is 534 g/mol. The first-order valence-electron chi connectivity index (χ1n) is 10.1. The molecule has 0 aliphatic rings. The van der Waals surface area contributed by atoms with Crippen LogP contribution in [0.3, 0.4) is 0 Å². The second kappa shape index (κ2) is 10.8. The molecule has 0 bridgehead atoms. The maximum absolute atomic E-state index is 14.0. The molecule has 0 aliphatic carbocycles. The van der Waals surface area contributed by atoms with E-state index in [9.17, 15) is 17.6 Å². The summed E-state index contributed by atoms with van der Waals surface area (Å²) in [5.74, 6) is -0.360. The number of ether oxygens (including phenoxy) is 1. The van der Waals surface area contributed by atoms with E-state index < -0.39 is 15.8 Å². The van der Waals surface area contributed by atoms with Crippen molar-refractivity contribution < 1.29 is 22.3 Å². The van der Waals surface area contributed by atoms with E-state index in [-0.39, 0.29) is 30.7 Å². The van der Waals surface area contributed by atoms with Crippen molar-refractivity contribution in [2.24, 2.45) is 0 Å². The van der Waals surface area contributed by atoms with Crippen molar-refractivity contribution in [1.29, 1.82) is 0 Å². The summed E-state index contributed by atoms with van der Waals surface area (Å²) in [6, 6.07) is 19.7. The average Bonchev–Trinajstić information content (AvgIpc) is 2.77. The van der Waals surface area contributed by atoms with Gasteiger partial charge in [-0.2, -0.15) is 0 Å². The third-order valence-electron chi connectivity index (χ3n) is 4.89. The van der Waals surface area contributed by atoms with Crippen LogP contribution in [0.15, 0.2) is 77.3 Å². The van der Waals surface area contributed by atoms with Gasteiger partial charge in [0.2, 0.25) is 10.0 Å². The lowest BCUT2D eigenvalue weighted by Gasteiger charge is -2.23. The summed E-state index contributed by atoms with van der Waals surface area (Å²) in [5, 5.41) is 2.87. The van der Waals surface area contributed by atoms with Crippen LogP contribution in [-0.2, 0) is 21.4 Å². The zero-order chi connectivity index (χ0) is 24.0. The van der Waals surface area contributed by atoms with Crippen LogP contribution in [0, 0.1) is 5.82 Å². The van der Waals surface area contributed by atoms with E-state index in [1.165, 1.54) is 6.07 Å². The molecule has 0 aromatic heterocycles. The molecule has 174 valence electrons. The molecule has 0 spiro atoms. The fourth-order valence-corrected chi connectivity index (χ4v) is 4.48. The number of nitrogens with one attached hydrogen (secondary N) is 1. The highest BCUT2D eigenvalue weighted by Gasteiger charge is 2.19. The summed E-state index contributed by atoms with van der Waals surface area (Å²) in [4.78, 5) is 12.3. The van der Waals surface area contributed by atoms with E-state index in [0.717, 1.165) is 20.6 Å². The zero-order valence-electron chi connectivity index (χ0n) is 18.2. The zero-order valence-corrected chi connectivity index (χ0v) is 20.6. The minimum atomic E-state index is -3.66. The molecule has 0 saturated carbocycles. The Hall–Kier alpha value is -2.91. The summed E-state index contributed by atoms with van der Waals surface area (Å²) < 4.78 is 46.2. The van der Waals surface area contributed by atoms with Crippen LogP contribution >= 0.6 is 15.9 Å². The second-order valence-electron chi connectivity index (χ2n) is 7.49. The molecule has 33 heavy (non-hydrogen) atoms. The first kappa shape index (κ1) is 24.7. The number of hydrogen-bond donors (Lipinski definition) is 1. The lowest BCUT2D eigenvalue weighted by atomic mass is 10.1. The molecule has 0 radical (unpaired) electrons. The Morgan fingerprint density at radius 2 is 1.79 bits per heavy atom. The number of rotatable bonds is 9. The Kier molecular flexibility index (Phi) is 8.10. The maximum atomic E-state index is 14.0. The summed E-state index contributed by atoms with van der Waals surface area (Å²) in [7, 11) is -3.66. The van der Waals surface area contributed by atoms with Gasteiger partial charge in [-0.25, -0.2) is 12.8 Å². The molecule has 1 unspecified atom stereocenters. The summed E-state index contributed by atoms with van der Waals surface area (Å²) in [5.41, 5.74) is 1.58. The van der Waals surface area contributed by atoms with Crippen molar-refractivity contribution >= 4 is 37.5 Å². The topological polar surface area (TPSA) is 75.7 Å². The lowest BCUT2D eigenvalue weighted by Crippen LogP contribution is -2.31. The van der Waals surface area contributed by atoms with E-state index in [0.29, 0.717) is 11.4 Å². The van der Waals surface area contributed by atoms with E-state index in [1.807, 2.05) is 31.2 Å². The Morgan fingerprint density at radius 1 is 1.09 bits per heavy atom. The third kappa shape index (κ3) is 7.03. The molecular weight excluding hydrogens is 511 g/mol. The Labute approximate surface area is 201 Å². The normalized spacial score (nSPS) is 12.1. The molecule has 0 aliphatic heterocycles. The van der Waals surface area contributed by atoms with Crippen LogP contribution in [0.2, 0.25) is 0 Å². The molecule has 3 aromatic carbocycles. The van der Waals surface area contributed by atoms with Crippen LogP contribution < -0.4 is 14.4 Å². The van der Waals surface area contributed by atoms with Gasteiger partial charge in [-0.05, 0) is 55.0 Å². The number of nitrogens with zero attached hydrogens (tertiary/aromatic N) is 1. The van der Waals surface area contributed by atoms with Gasteiger partial charge >= 0.3 is 0 Å². The highest BCUT2D eigenvalue weighted by atomic mass is 79.9. The van der Waals surface area contributed by atoms with Crippen molar-refractivity contribution in [1.82, 2.24) is 5.32 Å². The number of hydrogen-bond acceptors (Lipinski definition) is 4. The number of carbonyl (C=O) groups is 1. The van der Waals surface area contributed by atoms with Crippen LogP contribution in [0.1, 0.15) is 24.1 Å². The van der Waals surface area contributed by atoms with Gasteiger partial charge in [0.25, 0.3) is 5.91 Å². The molecule has 1 N–H and O–H groups in total. The largest absolute Gasteiger partial charge is 0.484 e. The van der Waals surface area contributed by atoms with Crippen molar-refractivity contribution in [3.8, 4) is 5.75 Å². The Bertz CT molecular complexity index is 1220. The molecule has 0 heterocycles. The highest BCUT2D eigenvalue weighted by Crippen LogP contribution is 2.24. The lowest BCUT2D eigenvalue weighted by molar-refractivity contribution is -0.123. The van der Waals surface area contributed by atoms with Gasteiger partial charge in [-0.1, -0.05) is 46.3 Å².